The van der Waals surface area contributed by atoms with Crippen LogP contribution in [0.2, 0.25) is 0 Å². The van der Waals surface area contributed by atoms with E-state index in [0.717, 1.165) is 29.0 Å². The molecule has 1 aromatic heterocycles. The van der Waals surface area contributed by atoms with Crippen molar-refractivity contribution >= 4 is 29.1 Å². The Bertz CT molecular complexity index is 598. The Morgan fingerprint density at radius 2 is 1.80 bits per heavy atom. The number of anilines is 3. The molecule has 0 aliphatic heterocycles. The maximum absolute atomic E-state index is 4.48. The zero-order chi connectivity index (χ0) is 14.5. The van der Waals surface area contributed by atoms with Gasteiger partial charge in [0.1, 0.15) is 11.6 Å². The molecule has 5 heteroatoms. The average Bonchev–Trinajstić information content (AvgIpc) is 2.43. The van der Waals surface area contributed by atoms with Gasteiger partial charge in [-0.2, -0.15) is 0 Å². The van der Waals surface area contributed by atoms with Crippen LogP contribution in [0.4, 0.5) is 17.3 Å². The van der Waals surface area contributed by atoms with E-state index in [-0.39, 0.29) is 0 Å². The van der Waals surface area contributed by atoms with Gasteiger partial charge >= 0.3 is 0 Å². The molecule has 2 rings (SSSR count). The van der Waals surface area contributed by atoms with E-state index >= 15 is 0 Å². The fraction of sp³-hybridized carbons (Fsp3) is 0.333. The lowest BCUT2D eigenvalue weighted by atomic mass is 10.1. The molecule has 0 unspecified atom stereocenters. The van der Waals surface area contributed by atoms with Crippen molar-refractivity contribution in [2.45, 2.75) is 25.9 Å². The van der Waals surface area contributed by atoms with Crippen molar-refractivity contribution in [3.63, 3.8) is 0 Å². The largest absolute Gasteiger partial charge is 0.370 e. The third kappa shape index (κ3) is 3.63. The van der Waals surface area contributed by atoms with E-state index < -0.39 is 0 Å². The minimum Gasteiger partial charge on any atom is -0.370 e. The lowest BCUT2D eigenvalue weighted by molar-refractivity contribution is 0.967. The van der Waals surface area contributed by atoms with Crippen molar-refractivity contribution < 1.29 is 0 Å². The lowest BCUT2D eigenvalue weighted by Gasteiger charge is -2.11. The second-order valence-corrected chi connectivity index (χ2v) is 5.35. The van der Waals surface area contributed by atoms with Gasteiger partial charge in [-0.3, -0.25) is 0 Å². The van der Waals surface area contributed by atoms with E-state index in [0.29, 0.717) is 0 Å². The van der Waals surface area contributed by atoms with Crippen LogP contribution in [-0.4, -0.2) is 22.8 Å². The summed E-state index contributed by atoms with van der Waals surface area (Å²) in [4.78, 5) is 8.90. The van der Waals surface area contributed by atoms with E-state index in [1.54, 1.807) is 0 Å². The van der Waals surface area contributed by atoms with Crippen LogP contribution in [0, 0.1) is 13.8 Å². The summed E-state index contributed by atoms with van der Waals surface area (Å²) in [7, 11) is 0. The van der Waals surface area contributed by atoms with Crippen molar-refractivity contribution in [1.82, 2.24) is 9.97 Å². The highest BCUT2D eigenvalue weighted by atomic mass is 32.2. The van der Waals surface area contributed by atoms with Crippen LogP contribution in [-0.2, 0) is 0 Å². The summed E-state index contributed by atoms with van der Waals surface area (Å²) >= 11 is 1.54. The molecule has 0 saturated heterocycles. The molecule has 0 saturated carbocycles. The van der Waals surface area contributed by atoms with E-state index in [2.05, 4.69) is 59.6 Å². The number of aromatic nitrogens is 2. The Morgan fingerprint density at radius 1 is 1.05 bits per heavy atom. The van der Waals surface area contributed by atoms with Crippen molar-refractivity contribution in [2.75, 3.05) is 23.4 Å². The minimum absolute atomic E-state index is 0.759. The molecule has 1 aromatic carbocycles. The number of nitrogens with zero attached hydrogens (tertiary/aromatic N) is 2. The third-order valence-corrected chi connectivity index (χ3v) is 3.57. The van der Waals surface area contributed by atoms with Gasteiger partial charge < -0.3 is 10.6 Å². The Morgan fingerprint density at radius 3 is 2.45 bits per heavy atom. The fourth-order valence-electron chi connectivity index (χ4n) is 1.82. The number of aryl methyl sites for hydroxylation is 2. The van der Waals surface area contributed by atoms with Crippen molar-refractivity contribution in [2.24, 2.45) is 0 Å². The maximum Gasteiger partial charge on any atom is 0.191 e. The second kappa shape index (κ2) is 6.61. The number of hydrogen-bond donors (Lipinski definition) is 2. The van der Waals surface area contributed by atoms with Gasteiger partial charge in [0.15, 0.2) is 5.16 Å². The molecule has 0 spiro atoms. The summed E-state index contributed by atoms with van der Waals surface area (Å²) in [5, 5.41) is 7.32. The SMILES string of the molecule is CCNc1cc(Nc2ccc(C)c(C)c2)nc(SC)n1. The second-order valence-electron chi connectivity index (χ2n) is 4.58. The maximum atomic E-state index is 4.48. The fourth-order valence-corrected chi connectivity index (χ4v) is 2.20. The van der Waals surface area contributed by atoms with Gasteiger partial charge in [0, 0.05) is 18.3 Å². The third-order valence-electron chi connectivity index (χ3n) is 3.03. The molecule has 0 atom stereocenters. The highest BCUT2D eigenvalue weighted by Gasteiger charge is 2.04. The summed E-state index contributed by atoms with van der Waals surface area (Å²) in [5.41, 5.74) is 3.60. The molecule has 0 fully saturated rings. The van der Waals surface area contributed by atoms with Gasteiger partial charge in [-0.1, -0.05) is 17.8 Å². The number of benzene rings is 1. The molecule has 0 amide bonds. The van der Waals surface area contributed by atoms with Crippen LogP contribution in [0.5, 0.6) is 0 Å². The Labute approximate surface area is 124 Å². The van der Waals surface area contributed by atoms with Crippen LogP contribution in [0.15, 0.2) is 29.4 Å². The molecule has 0 aliphatic carbocycles. The first-order valence-corrected chi connectivity index (χ1v) is 7.86. The molecular weight excluding hydrogens is 268 g/mol. The molecule has 0 aliphatic rings. The van der Waals surface area contributed by atoms with Crippen molar-refractivity contribution in [1.29, 1.82) is 0 Å². The number of nitrogens with one attached hydrogen (secondary N) is 2. The van der Waals surface area contributed by atoms with Gasteiger partial charge in [-0.15, -0.1) is 0 Å². The van der Waals surface area contributed by atoms with Crippen LogP contribution in [0.3, 0.4) is 0 Å². The van der Waals surface area contributed by atoms with Gasteiger partial charge in [0.25, 0.3) is 0 Å². The zero-order valence-corrected chi connectivity index (χ0v) is 13.1. The topological polar surface area (TPSA) is 49.8 Å². The first-order valence-electron chi connectivity index (χ1n) is 6.63. The number of hydrogen-bond acceptors (Lipinski definition) is 5. The first kappa shape index (κ1) is 14.7. The molecule has 0 radical (unpaired) electrons. The number of rotatable bonds is 5. The highest BCUT2D eigenvalue weighted by Crippen LogP contribution is 2.22. The standard InChI is InChI=1S/C15H20N4S/c1-5-16-13-9-14(19-15(18-13)20-4)17-12-7-6-10(2)11(3)8-12/h6-9H,5H2,1-4H3,(H2,16,17,18,19). The van der Waals surface area contributed by atoms with Crippen molar-refractivity contribution in [3.05, 3.63) is 35.4 Å². The summed E-state index contributed by atoms with van der Waals surface area (Å²) in [5.74, 6) is 1.65. The van der Waals surface area contributed by atoms with E-state index in [1.165, 1.54) is 22.9 Å². The van der Waals surface area contributed by atoms with Gasteiger partial charge in [0.2, 0.25) is 0 Å². The van der Waals surface area contributed by atoms with Crippen LogP contribution >= 0.6 is 11.8 Å². The Hall–Kier alpha value is -1.75. The van der Waals surface area contributed by atoms with Crippen LogP contribution < -0.4 is 10.6 Å². The van der Waals surface area contributed by atoms with Gasteiger partial charge in [-0.05, 0) is 50.3 Å². The molecule has 106 valence electrons. The Kier molecular flexibility index (Phi) is 4.84. The minimum atomic E-state index is 0.759. The Balaban J connectivity index is 2.27. The van der Waals surface area contributed by atoms with E-state index in [4.69, 9.17) is 0 Å². The normalized spacial score (nSPS) is 10.4. The molecule has 0 bridgehead atoms. The van der Waals surface area contributed by atoms with Crippen LogP contribution in [0.1, 0.15) is 18.1 Å². The highest BCUT2D eigenvalue weighted by molar-refractivity contribution is 7.98. The van der Waals surface area contributed by atoms with Gasteiger partial charge in [0.05, 0.1) is 0 Å². The average molecular weight is 288 g/mol. The summed E-state index contributed by atoms with van der Waals surface area (Å²) in [6.45, 7) is 7.11. The zero-order valence-electron chi connectivity index (χ0n) is 12.3. The van der Waals surface area contributed by atoms with E-state index in [1.807, 2.05) is 12.3 Å². The van der Waals surface area contributed by atoms with E-state index in [9.17, 15) is 0 Å². The van der Waals surface area contributed by atoms with Crippen LogP contribution in [0.25, 0.3) is 0 Å². The van der Waals surface area contributed by atoms with Gasteiger partial charge in [-0.25, -0.2) is 9.97 Å². The summed E-state index contributed by atoms with van der Waals surface area (Å²) < 4.78 is 0. The predicted molar refractivity (Wildman–Crippen MR) is 87.2 cm³/mol. The summed E-state index contributed by atoms with van der Waals surface area (Å²) in [6, 6.07) is 8.23. The molecule has 20 heavy (non-hydrogen) atoms. The quantitative estimate of drug-likeness (QED) is 0.643. The molecular formula is C15H20N4S. The predicted octanol–water partition coefficient (Wildman–Crippen LogP) is 3.99. The smallest absolute Gasteiger partial charge is 0.191 e. The first-order chi connectivity index (χ1) is 9.62. The lowest BCUT2D eigenvalue weighted by Crippen LogP contribution is -2.03. The molecule has 4 nitrogen and oxygen atoms in total. The molecule has 2 aromatic rings. The number of thioether (sulfide) groups is 1. The van der Waals surface area contributed by atoms with Crippen molar-refractivity contribution in [3.8, 4) is 0 Å². The molecule has 2 N–H and O–H groups in total. The monoisotopic (exact) mass is 288 g/mol. The summed E-state index contributed by atoms with van der Waals surface area (Å²) in [6.07, 6.45) is 1.98. The molecule has 1 heterocycles.